The average molecular weight is 198 g/mol. The molecule has 0 aliphatic heterocycles. The summed E-state index contributed by atoms with van der Waals surface area (Å²) in [5.41, 5.74) is 0.562. The maximum absolute atomic E-state index is 8.38. The first-order valence-corrected chi connectivity index (χ1v) is 3.39. The van der Waals surface area contributed by atoms with Crippen LogP contribution in [-0.2, 0) is 0 Å². The Kier molecular flexibility index (Phi) is 2.24. The molecule has 1 aromatic rings. The third-order valence-electron chi connectivity index (χ3n) is 0.989. The Morgan fingerprint density at radius 3 is 2.80 bits per heavy atom. The lowest BCUT2D eigenvalue weighted by Gasteiger charge is -1.93. The van der Waals surface area contributed by atoms with Gasteiger partial charge in [-0.3, -0.25) is 0 Å². The molecule has 3 nitrogen and oxygen atoms in total. The van der Waals surface area contributed by atoms with Crippen LogP contribution in [0.5, 0.6) is 0 Å². The number of nitrogens with zero attached hydrogens (tertiary/aromatic N) is 2. The Bertz CT molecular complexity index is 249. The predicted octanol–water partition coefficient (Wildman–Crippen LogP) is 1.68. The predicted molar refractivity (Wildman–Crippen MR) is 41.5 cm³/mol. The van der Waals surface area contributed by atoms with Gasteiger partial charge in [-0.2, -0.15) is 5.26 Å². The summed E-state index contributed by atoms with van der Waals surface area (Å²) in [4.78, 5) is 3.89. The summed E-state index contributed by atoms with van der Waals surface area (Å²) in [6.45, 7) is 0. The van der Waals surface area contributed by atoms with Crippen LogP contribution in [0.15, 0.2) is 18.3 Å². The molecule has 0 atom stereocenters. The second kappa shape index (κ2) is 3.18. The fraction of sp³-hybridized carbons (Fsp3) is 0. The van der Waals surface area contributed by atoms with Gasteiger partial charge in [0, 0.05) is 22.3 Å². The zero-order valence-electron chi connectivity index (χ0n) is 5.00. The van der Waals surface area contributed by atoms with Gasteiger partial charge in [0.15, 0.2) is 0 Å². The van der Waals surface area contributed by atoms with E-state index >= 15 is 0 Å². The van der Waals surface area contributed by atoms with Gasteiger partial charge in [-0.25, -0.2) is 4.98 Å². The normalized spacial score (nSPS) is 8.40. The quantitative estimate of drug-likeness (QED) is 0.698. The molecule has 4 heteroatoms. The number of anilines is 1. The Morgan fingerprint density at radius 2 is 2.40 bits per heavy atom. The summed E-state index contributed by atoms with van der Waals surface area (Å²) in [5.74, 6) is 0.694. The van der Waals surface area contributed by atoms with Crippen molar-refractivity contribution >= 4 is 22.0 Å². The van der Waals surface area contributed by atoms with Gasteiger partial charge in [0.05, 0.1) is 5.56 Å². The van der Waals surface area contributed by atoms with Crippen LogP contribution < -0.4 is 4.34 Å². The molecule has 1 N–H and O–H groups in total. The molecule has 0 amide bonds. The van der Waals surface area contributed by atoms with Gasteiger partial charge < -0.3 is 4.34 Å². The van der Waals surface area contributed by atoms with Crippen molar-refractivity contribution in [2.24, 2.45) is 0 Å². The summed E-state index contributed by atoms with van der Waals surface area (Å²) in [6, 6.07) is 5.38. The largest absolute Gasteiger partial charge is 0.307 e. The topological polar surface area (TPSA) is 48.7 Å². The zero-order valence-corrected chi connectivity index (χ0v) is 6.59. The molecule has 0 aliphatic carbocycles. The molecule has 0 unspecified atom stereocenters. The number of pyridine rings is 1. The van der Waals surface area contributed by atoms with Crippen molar-refractivity contribution < 1.29 is 0 Å². The van der Waals surface area contributed by atoms with E-state index in [-0.39, 0.29) is 0 Å². The lowest BCUT2D eigenvalue weighted by Crippen LogP contribution is -1.84. The average Bonchev–Trinajstić information content (AvgIpc) is 2.05. The van der Waals surface area contributed by atoms with Gasteiger partial charge in [0.25, 0.3) is 0 Å². The van der Waals surface area contributed by atoms with Gasteiger partial charge in [-0.15, -0.1) is 0 Å². The van der Waals surface area contributed by atoms with Gasteiger partial charge >= 0.3 is 0 Å². The maximum atomic E-state index is 8.38. The Labute approximate surface area is 67.0 Å². The Hall–Kier alpha value is -1.08. The number of halogens is 1. The smallest absolute Gasteiger partial charge is 0.135 e. The van der Waals surface area contributed by atoms with Gasteiger partial charge in [-0.1, -0.05) is 0 Å². The SMILES string of the molecule is N#Cc1ccc(NBr)nc1. The first-order chi connectivity index (χ1) is 4.86. The summed E-state index contributed by atoms with van der Waals surface area (Å²) < 4.78 is 2.67. The molecule has 50 valence electrons. The van der Waals surface area contributed by atoms with E-state index in [1.165, 1.54) is 6.20 Å². The molecule has 0 aromatic carbocycles. The van der Waals surface area contributed by atoms with E-state index < -0.39 is 0 Å². The fourth-order valence-electron chi connectivity index (χ4n) is 0.516. The molecule has 0 radical (unpaired) electrons. The minimum Gasteiger partial charge on any atom is -0.307 e. The summed E-state index contributed by atoms with van der Waals surface area (Å²) in [6.07, 6.45) is 1.50. The molecule has 0 bridgehead atoms. The first-order valence-electron chi connectivity index (χ1n) is 2.59. The van der Waals surface area contributed by atoms with E-state index in [1.54, 1.807) is 12.1 Å². The molecule has 0 saturated carbocycles. The fourth-order valence-corrected chi connectivity index (χ4v) is 0.750. The van der Waals surface area contributed by atoms with Crippen molar-refractivity contribution in [3.05, 3.63) is 23.9 Å². The van der Waals surface area contributed by atoms with E-state index in [4.69, 9.17) is 5.26 Å². The Balaban J connectivity index is 2.93. The van der Waals surface area contributed by atoms with Crippen LogP contribution in [-0.4, -0.2) is 4.98 Å². The number of nitriles is 1. The van der Waals surface area contributed by atoms with Crippen LogP contribution in [0.3, 0.4) is 0 Å². The van der Waals surface area contributed by atoms with Crippen molar-refractivity contribution in [2.45, 2.75) is 0 Å². The standard InChI is InChI=1S/C6H4BrN3/c7-10-6-2-1-5(3-8)4-9-6/h1-2,4H,(H,9,10). The molecule has 0 spiro atoms. The monoisotopic (exact) mass is 197 g/mol. The van der Waals surface area contributed by atoms with E-state index in [0.29, 0.717) is 11.4 Å². The first kappa shape index (κ1) is 7.03. The second-order valence-corrected chi connectivity index (χ2v) is 2.03. The van der Waals surface area contributed by atoms with Crippen LogP contribution >= 0.6 is 16.1 Å². The van der Waals surface area contributed by atoms with Crippen LogP contribution in [0.4, 0.5) is 5.82 Å². The van der Waals surface area contributed by atoms with Crippen LogP contribution in [0.2, 0.25) is 0 Å². The van der Waals surface area contributed by atoms with Crippen LogP contribution in [0.1, 0.15) is 5.56 Å². The molecule has 1 heterocycles. The van der Waals surface area contributed by atoms with Gasteiger partial charge in [0.2, 0.25) is 0 Å². The minimum absolute atomic E-state index is 0.562. The highest BCUT2D eigenvalue weighted by molar-refractivity contribution is 9.10. The van der Waals surface area contributed by atoms with Crippen LogP contribution in [0.25, 0.3) is 0 Å². The summed E-state index contributed by atoms with van der Waals surface area (Å²) in [5, 5.41) is 8.38. The highest BCUT2D eigenvalue weighted by Crippen LogP contribution is 2.04. The van der Waals surface area contributed by atoms with E-state index in [2.05, 4.69) is 25.5 Å². The lowest BCUT2D eigenvalue weighted by molar-refractivity contribution is 1.31. The molecule has 0 aliphatic rings. The summed E-state index contributed by atoms with van der Waals surface area (Å²) >= 11 is 3.01. The summed E-state index contributed by atoms with van der Waals surface area (Å²) in [7, 11) is 0. The number of rotatable bonds is 1. The third-order valence-corrected chi connectivity index (χ3v) is 1.40. The van der Waals surface area contributed by atoms with E-state index in [1.807, 2.05) is 6.07 Å². The lowest BCUT2D eigenvalue weighted by atomic mass is 10.3. The molecule has 0 saturated heterocycles. The number of hydrogen-bond acceptors (Lipinski definition) is 3. The van der Waals surface area contributed by atoms with E-state index in [0.717, 1.165) is 0 Å². The van der Waals surface area contributed by atoms with Crippen molar-refractivity contribution in [1.82, 2.24) is 4.98 Å². The van der Waals surface area contributed by atoms with Gasteiger partial charge in [-0.05, 0) is 12.1 Å². The number of hydrogen-bond donors (Lipinski definition) is 1. The molecular weight excluding hydrogens is 194 g/mol. The maximum Gasteiger partial charge on any atom is 0.135 e. The second-order valence-electron chi connectivity index (χ2n) is 1.64. The molecule has 0 fully saturated rings. The number of nitrogens with one attached hydrogen (secondary N) is 1. The molecule has 1 aromatic heterocycles. The van der Waals surface area contributed by atoms with E-state index in [9.17, 15) is 0 Å². The van der Waals surface area contributed by atoms with Crippen molar-refractivity contribution in [1.29, 1.82) is 5.26 Å². The number of aromatic nitrogens is 1. The van der Waals surface area contributed by atoms with Crippen molar-refractivity contribution in [2.75, 3.05) is 4.34 Å². The van der Waals surface area contributed by atoms with Crippen LogP contribution in [0, 0.1) is 11.3 Å². The third kappa shape index (κ3) is 1.45. The highest BCUT2D eigenvalue weighted by atomic mass is 79.9. The molecule has 1 rings (SSSR count). The molecule has 10 heavy (non-hydrogen) atoms. The minimum atomic E-state index is 0.562. The van der Waals surface area contributed by atoms with Crippen molar-refractivity contribution in [3.8, 4) is 6.07 Å². The van der Waals surface area contributed by atoms with Gasteiger partial charge in [0.1, 0.15) is 11.9 Å². The molecular formula is C6H4BrN3. The van der Waals surface area contributed by atoms with Crippen molar-refractivity contribution in [3.63, 3.8) is 0 Å². The zero-order chi connectivity index (χ0) is 7.40. The Morgan fingerprint density at radius 1 is 1.60 bits per heavy atom. The highest BCUT2D eigenvalue weighted by Gasteiger charge is 1.90.